The van der Waals surface area contributed by atoms with Gasteiger partial charge in [0.05, 0.1) is 13.2 Å². The van der Waals surface area contributed by atoms with E-state index in [9.17, 15) is 13.2 Å². The number of aryl methyl sites for hydroxylation is 1. The lowest BCUT2D eigenvalue weighted by atomic mass is 9.91. The van der Waals surface area contributed by atoms with E-state index >= 15 is 0 Å². The van der Waals surface area contributed by atoms with Gasteiger partial charge in [0.2, 0.25) is 10.0 Å². The first kappa shape index (κ1) is 20.0. The lowest BCUT2D eigenvalue weighted by Gasteiger charge is -2.26. The summed E-state index contributed by atoms with van der Waals surface area (Å²) in [6.45, 7) is 2.50. The maximum atomic E-state index is 12.7. The van der Waals surface area contributed by atoms with Crippen LogP contribution in [0.25, 0.3) is 22.0 Å². The fourth-order valence-electron chi connectivity index (χ4n) is 5.30. The first-order valence-electron chi connectivity index (χ1n) is 11.0. The van der Waals surface area contributed by atoms with E-state index < -0.39 is 15.3 Å². The molecule has 3 N–H and O–H groups in total. The van der Waals surface area contributed by atoms with E-state index in [2.05, 4.69) is 21.1 Å². The van der Waals surface area contributed by atoms with Gasteiger partial charge in [0.15, 0.2) is 0 Å². The van der Waals surface area contributed by atoms with Crippen LogP contribution in [-0.2, 0) is 21.8 Å². The number of anilines is 1. The number of ether oxygens (including phenoxy) is 1. The molecular weight excluding hydrogens is 428 g/mol. The summed E-state index contributed by atoms with van der Waals surface area (Å²) >= 11 is 0. The average Bonchev–Trinajstić information content (AvgIpc) is 3.05. The van der Waals surface area contributed by atoms with E-state index in [1.54, 1.807) is 17.8 Å². The average molecular weight is 455 g/mol. The number of rotatable bonds is 5. The highest BCUT2D eigenvalue weighted by Gasteiger charge is 2.56. The summed E-state index contributed by atoms with van der Waals surface area (Å²) in [5, 5.41) is 3.82. The van der Waals surface area contributed by atoms with Gasteiger partial charge in [0.1, 0.15) is 10.8 Å². The Balaban J connectivity index is 1.49. The molecule has 0 bridgehead atoms. The Morgan fingerprint density at radius 3 is 2.78 bits per heavy atom. The summed E-state index contributed by atoms with van der Waals surface area (Å²) in [6, 6.07) is 7.76. The quantitative estimate of drug-likeness (QED) is 0.548. The summed E-state index contributed by atoms with van der Waals surface area (Å²) in [5.41, 5.74) is 4.42. The van der Waals surface area contributed by atoms with Gasteiger partial charge in [0.25, 0.3) is 5.56 Å². The number of aromatic nitrogens is 2. The number of pyridine rings is 1. The van der Waals surface area contributed by atoms with Crippen molar-refractivity contribution < 1.29 is 13.2 Å². The Morgan fingerprint density at radius 1 is 1.22 bits per heavy atom. The minimum Gasteiger partial charge on any atom is -0.378 e. The Labute approximate surface area is 186 Å². The van der Waals surface area contributed by atoms with Crippen molar-refractivity contribution in [2.75, 3.05) is 31.0 Å². The second kappa shape index (κ2) is 6.94. The van der Waals surface area contributed by atoms with Gasteiger partial charge in [-0.15, -0.1) is 0 Å². The van der Waals surface area contributed by atoms with Crippen LogP contribution in [0.15, 0.2) is 41.5 Å². The predicted molar refractivity (Wildman–Crippen MR) is 123 cm³/mol. The van der Waals surface area contributed by atoms with Gasteiger partial charge < -0.3 is 19.6 Å². The number of nitrogens with one attached hydrogen (secondary N) is 3. The SMILES string of the molecule is Cn1cc(-c2cc(NS(=O)(=O)C3COC3)ccc2C2CC23CCNC3)c2cc[nH]c2c1=O. The van der Waals surface area contributed by atoms with E-state index in [1.165, 1.54) is 5.56 Å². The van der Waals surface area contributed by atoms with E-state index in [1.807, 2.05) is 24.4 Å². The lowest BCUT2D eigenvalue weighted by Crippen LogP contribution is -2.43. The van der Waals surface area contributed by atoms with Gasteiger partial charge in [0, 0.05) is 42.6 Å². The minimum absolute atomic E-state index is 0.0833. The highest BCUT2D eigenvalue weighted by molar-refractivity contribution is 7.93. The first-order valence-corrected chi connectivity index (χ1v) is 12.5. The fraction of sp³-hybridized carbons (Fsp3) is 0.435. The van der Waals surface area contributed by atoms with Gasteiger partial charge in [-0.25, -0.2) is 8.42 Å². The number of benzene rings is 1. The van der Waals surface area contributed by atoms with E-state index in [0.717, 1.165) is 42.4 Å². The molecule has 9 heteroatoms. The van der Waals surface area contributed by atoms with Crippen LogP contribution in [0.5, 0.6) is 0 Å². The second-order valence-electron chi connectivity index (χ2n) is 9.38. The van der Waals surface area contributed by atoms with Gasteiger partial charge in [-0.2, -0.15) is 0 Å². The molecule has 3 aromatic rings. The molecule has 2 saturated heterocycles. The molecule has 4 heterocycles. The van der Waals surface area contributed by atoms with Crippen molar-refractivity contribution in [2.45, 2.75) is 24.0 Å². The summed E-state index contributed by atoms with van der Waals surface area (Å²) in [7, 11) is -1.76. The minimum atomic E-state index is -3.51. The lowest BCUT2D eigenvalue weighted by molar-refractivity contribution is 0.0418. The van der Waals surface area contributed by atoms with Crippen molar-refractivity contribution in [3.63, 3.8) is 0 Å². The molecule has 2 aliphatic heterocycles. The van der Waals surface area contributed by atoms with Crippen LogP contribution in [0, 0.1) is 5.41 Å². The molecule has 1 aromatic carbocycles. The molecule has 3 fully saturated rings. The van der Waals surface area contributed by atoms with Crippen molar-refractivity contribution in [2.24, 2.45) is 12.5 Å². The molecule has 2 aromatic heterocycles. The van der Waals surface area contributed by atoms with Gasteiger partial charge >= 0.3 is 0 Å². The molecule has 1 aliphatic carbocycles. The van der Waals surface area contributed by atoms with Gasteiger partial charge in [-0.3, -0.25) is 9.52 Å². The molecule has 2 unspecified atom stereocenters. The smallest absolute Gasteiger partial charge is 0.274 e. The summed E-state index contributed by atoms with van der Waals surface area (Å²) < 4.78 is 34.8. The van der Waals surface area contributed by atoms with E-state index in [-0.39, 0.29) is 24.2 Å². The van der Waals surface area contributed by atoms with Crippen molar-refractivity contribution in [1.29, 1.82) is 0 Å². The third-order valence-electron chi connectivity index (χ3n) is 7.39. The molecule has 168 valence electrons. The summed E-state index contributed by atoms with van der Waals surface area (Å²) in [4.78, 5) is 15.7. The van der Waals surface area contributed by atoms with Crippen LogP contribution in [-0.4, -0.2) is 49.5 Å². The Morgan fingerprint density at radius 2 is 2.06 bits per heavy atom. The number of sulfonamides is 1. The molecule has 3 aliphatic rings. The zero-order chi connectivity index (χ0) is 22.1. The van der Waals surface area contributed by atoms with Crippen molar-refractivity contribution in [3.05, 3.63) is 52.6 Å². The normalized spacial score (nSPS) is 25.3. The van der Waals surface area contributed by atoms with Crippen molar-refractivity contribution >= 4 is 26.6 Å². The molecular formula is C23H26N4O4S. The number of hydrogen-bond donors (Lipinski definition) is 3. The number of H-pyrrole nitrogens is 1. The van der Waals surface area contributed by atoms with Crippen LogP contribution in [0.1, 0.15) is 24.3 Å². The molecule has 1 saturated carbocycles. The highest BCUT2D eigenvalue weighted by Crippen LogP contribution is 2.64. The largest absolute Gasteiger partial charge is 0.378 e. The zero-order valence-electron chi connectivity index (χ0n) is 17.8. The molecule has 8 nitrogen and oxygen atoms in total. The first-order chi connectivity index (χ1) is 15.4. The third kappa shape index (κ3) is 3.02. The maximum Gasteiger partial charge on any atom is 0.274 e. The molecule has 6 rings (SSSR count). The van der Waals surface area contributed by atoms with Crippen molar-refractivity contribution in [1.82, 2.24) is 14.9 Å². The maximum absolute atomic E-state index is 12.7. The van der Waals surface area contributed by atoms with Crippen molar-refractivity contribution in [3.8, 4) is 11.1 Å². The van der Waals surface area contributed by atoms with E-state index in [4.69, 9.17) is 4.74 Å². The zero-order valence-corrected chi connectivity index (χ0v) is 18.7. The summed E-state index contributed by atoms with van der Waals surface area (Å²) in [5.74, 6) is 0.421. The topological polar surface area (TPSA) is 105 Å². The number of fused-ring (bicyclic) bond motifs is 1. The molecule has 0 amide bonds. The highest BCUT2D eigenvalue weighted by atomic mass is 32.2. The third-order valence-corrected chi connectivity index (χ3v) is 9.06. The number of nitrogens with zero attached hydrogens (tertiary/aromatic N) is 1. The fourth-order valence-corrected chi connectivity index (χ4v) is 6.48. The molecule has 2 atom stereocenters. The molecule has 0 radical (unpaired) electrons. The van der Waals surface area contributed by atoms with Gasteiger partial charge in [-0.1, -0.05) is 6.07 Å². The monoisotopic (exact) mass is 454 g/mol. The number of hydrogen-bond acceptors (Lipinski definition) is 5. The van der Waals surface area contributed by atoms with Crippen LogP contribution in [0.2, 0.25) is 0 Å². The molecule has 32 heavy (non-hydrogen) atoms. The van der Waals surface area contributed by atoms with Crippen LogP contribution < -0.4 is 15.6 Å². The van der Waals surface area contributed by atoms with Crippen LogP contribution in [0.3, 0.4) is 0 Å². The van der Waals surface area contributed by atoms with Crippen LogP contribution in [0.4, 0.5) is 5.69 Å². The summed E-state index contributed by atoms with van der Waals surface area (Å²) in [6.07, 6.45) is 5.91. The predicted octanol–water partition coefficient (Wildman–Crippen LogP) is 2.14. The second-order valence-corrected chi connectivity index (χ2v) is 11.3. The van der Waals surface area contributed by atoms with E-state index in [0.29, 0.717) is 17.1 Å². The molecule has 1 spiro atoms. The van der Waals surface area contributed by atoms with Crippen LogP contribution >= 0.6 is 0 Å². The Bertz CT molecular complexity index is 1380. The Hall–Kier alpha value is -2.62. The Kier molecular flexibility index (Phi) is 4.34. The number of aromatic amines is 1. The van der Waals surface area contributed by atoms with Gasteiger partial charge in [-0.05, 0) is 60.0 Å². The standard InChI is InChI=1S/C23H26N4O4S/c1-27-10-19(17-4-6-25-21(17)22(27)28)18-8-14(26-32(29,30)15-11-31-12-15)2-3-16(18)20-9-23(20)5-7-24-13-23/h2-4,6,8,10,15,20,24-26H,5,7,9,11-13H2,1H3.